The van der Waals surface area contributed by atoms with Gasteiger partial charge in [-0.15, -0.1) is 0 Å². The molecule has 1 N–H and O–H groups in total. The average Bonchev–Trinajstić information content (AvgIpc) is 2.84. The van der Waals surface area contributed by atoms with Crippen molar-refractivity contribution < 1.29 is 9.52 Å². The number of nitrogens with zero attached hydrogens (tertiary/aromatic N) is 1. The number of aromatic nitrogens is 1. The largest absolute Gasteiger partial charge is 0.445 e. The van der Waals surface area contributed by atoms with Crippen LogP contribution >= 0.6 is 0 Å². The van der Waals surface area contributed by atoms with Gasteiger partial charge < -0.3 is 9.52 Å². The van der Waals surface area contributed by atoms with Crippen molar-refractivity contribution in [3.8, 4) is 11.5 Å². The van der Waals surface area contributed by atoms with E-state index in [0.717, 1.165) is 24.0 Å². The molecule has 1 heterocycles. The predicted molar refractivity (Wildman–Crippen MR) is 55.1 cm³/mol. The molecule has 76 valence electrons. The van der Waals surface area contributed by atoms with E-state index in [0.29, 0.717) is 5.89 Å². The summed E-state index contributed by atoms with van der Waals surface area (Å²) in [6.45, 7) is 0. The van der Waals surface area contributed by atoms with Gasteiger partial charge >= 0.3 is 0 Å². The number of hydrogen-bond donors (Lipinski definition) is 1. The standard InChI is InChI=1S/C12H11NO2/c14-12(4-5-12)10-3-1-2-9(8-10)11-13-6-7-15-11/h1-3,6-8,14H,4-5H2. The summed E-state index contributed by atoms with van der Waals surface area (Å²) in [5.41, 5.74) is 1.28. The SMILES string of the molecule is OC1(c2cccc(-c3ncco3)c2)CC1. The summed E-state index contributed by atoms with van der Waals surface area (Å²) in [4.78, 5) is 4.08. The number of rotatable bonds is 2. The molecule has 15 heavy (non-hydrogen) atoms. The Labute approximate surface area is 87.4 Å². The lowest BCUT2D eigenvalue weighted by Gasteiger charge is -2.08. The highest BCUT2D eigenvalue weighted by Gasteiger charge is 2.42. The Balaban J connectivity index is 2.04. The van der Waals surface area contributed by atoms with Gasteiger partial charge in [0.25, 0.3) is 0 Å². The lowest BCUT2D eigenvalue weighted by atomic mass is 10.0. The van der Waals surface area contributed by atoms with Crippen LogP contribution in [0, 0.1) is 0 Å². The minimum atomic E-state index is -0.595. The van der Waals surface area contributed by atoms with Crippen molar-refractivity contribution in [2.24, 2.45) is 0 Å². The molecule has 0 atom stereocenters. The van der Waals surface area contributed by atoms with Gasteiger partial charge in [-0.2, -0.15) is 0 Å². The molecule has 0 amide bonds. The Morgan fingerprint density at radius 2 is 2.20 bits per heavy atom. The molecule has 0 bridgehead atoms. The third-order valence-electron chi connectivity index (χ3n) is 2.80. The van der Waals surface area contributed by atoms with E-state index in [-0.39, 0.29) is 0 Å². The summed E-state index contributed by atoms with van der Waals surface area (Å²) >= 11 is 0. The van der Waals surface area contributed by atoms with E-state index in [1.165, 1.54) is 0 Å². The van der Waals surface area contributed by atoms with Gasteiger partial charge in [-0.3, -0.25) is 0 Å². The topological polar surface area (TPSA) is 46.3 Å². The summed E-state index contributed by atoms with van der Waals surface area (Å²) in [7, 11) is 0. The van der Waals surface area contributed by atoms with Crippen molar-refractivity contribution in [2.45, 2.75) is 18.4 Å². The number of aliphatic hydroxyl groups is 1. The maximum absolute atomic E-state index is 9.97. The molecule has 1 aliphatic rings. The Hall–Kier alpha value is -1.61. The van der Waals surface area contributed by atoms with E-state index >= 15 is 0 Å². The molecule has 0 saturated heterocycles. The fraction of sp³-hybridized carbons (Fsp3) is 0.250. The normalized spacial score (nSPS) is 17.7. The van der Waals surface area contributed by atoms with E-state index in [1.807, 2.05) is 24.3 Å². The second-order valence-electron chi connectivity index (χ2n) is 3.95. The molecule has 3 nitrogen and oxygen atoms in total. The minimum absolute atomic E-state index is 0.595. The third kappa shape index (κ3) is 1.45. The van der Waals surface area contributed by atoms with Gasteiger partial charge in [0.2, 0.25) is 5.89 Å². The van der Waals surface area contributed by atoms with Crippen LogP contribution in [-0.2, 0) is 5.60 Å². The van der Waals surface area contributed by atoms with Gasteiger partial charge in [0.05, 0.1) is 11.8 Å². The fourth-order valence-electron chi connectivity index (χ4n) is 1.71. The van der Waals surface area contributed by atoms with Gasteiger partial charge in [0.1, 0.15) is 6.26 Å². The highest BCUT2D eigenvalue weighted by Crippen LogP contribution is 2.45. The number of oxazole rings is 1. The quantitative estimate of drug-likeness (QED) is 0.811. The van der Waals surface area contributed by atoms with E-state index in [9.17, 15) is 5.11 Å². The molecular formula is C12H11NO2. The predicted octanol–water partition coefficient (Wildman–Crippen LogP) is 2.32. The first-order valence-electron chi connectivity index (χ1n) is 5.01. The molecule has 1 aliphatic carbocycles. The lowest BCUT2D eigenvalue weighted by Crippen LogP contribution is -2.03. The maximum Gasteiger partial charge on any atom is 0.225 e. The van der Waals surface area contributed by atoms with Crippen LogP contribution in [0.25, 0.3) is 11.5 Å². The van der Waals surface area contributed by atoms with Gasteiger partial charge in [-0.1, -0.05) is 12.1 Å². The Morgan fingerprint density at radius 1 is 1.33 bits per heavy atom. The first-order chi connectivity index (χ1) is 7.28. The first-order valence-corrected chi connectivity index (χ1v) is 5.01. The van der Waals surface area contributed by atoms with Crippen LogP contribution in [0.3, 0.4) is 0 Å². The van der Waals surface area contributed by atoms with Crippen LogP contribution in [0.5, 0.6) is 0 Å². The van der Waals surface area contributed by atoms with Crippen molar-refractivity contribution in [2.75, 3.05) is 0 Å². The molecule has 0 aliphatic heterocycles. The van der Waals surface area contributed by atoms with Crippen LogP contribution in [0.15, 0.2) is 41.1 Å². The van der Waals surface area contributed by atoms with Crippen molar-refractivity contribution in [3.63, 3.8) is 0 Å². The average molecular weight is 201 g/mol. The highest BCUT2D eigenvalue weighted by atomic mass is 16.3. The molecule has 1 aromatic heterocycles. The molecule has 2 aromatic rings. The molecular weight excluding hydrogens is 190 g/mol. The van der Waals surface area contributed by atoms with Gasteiger partial charge in [-0.25, -0.2) is 4.98 Å². The zero-order chi connectivity index (χ0) is 10.3. The van der Waals surface area contributed by atoms with Gasteiger partial charge in [-0.05, 0) is 30.5 Å². The second-order valence-corrected chi connectivity index (χ2v) is 3.95. The zero-order valence-corrected chi connectivity index (χ0v) is 8.18. The molecule has 0 radical (unpaired) electrons. The molecule has 0 spiro atoms. The summed E-state index contributed by atoms with van der Waals surface area (Å²) in [5.74, 6) is 0.598. The maximum atomic E-state index is 9.97. The zero-order valence-electron chi connectivity index (χ0n) is 8.18. The smallest absolute Gasteiger partial charge is 0.225 e. The van der Waals surface area contributed by atoms with E-state index in [4.69, 9.17) is 4.42 Å². The van der Waals surface area contributed by atoms with Crippen molar-refractivity contribution in [1.29, 1.82) is 0 Å². The van der Waals surface area contributed by atoms with Crippen LogP contribution in [0.2, 0.25) is 0 Å². The number of hydrogen-bond acceptors (Lipinski definition) is 3. The van der Waals surface area contributed by atoms with Crippen LogP contribution in [-0.4, -0.2) is 10.1 Å². The molecule has 0 unspecified atom stereocenters. The highest BCUT2D eigenvalue weighted by molar-refractivity contribution is 5.55. The van der Waals surface area contributed by atoms with Crippen molar-refractivity contribution in [1.82, 2.24) is 4.98 Å². The van der Waals surface area contributed by atoms with E-state index < -0.39 is 5.60 Å². The summed E-state index contributed by atoms with van der Waals surface area (Å²) in [6.07, 6.45) is 4.87. The summed E-state index contributed by atoms with van der Waals surface area (Å²) in [5, 5.41) is 9.97. The molecule has 3 heteroatoms. The summed E-state index contributed by atoms with van der Waals surface area (Å²) < 4.78 is 5.21. The van der Waals surface area contributed by atoms with Crippen molar-refractivity contribution >= 4 is 0 Å². The van der Waals surface area contributed by atoms with Gasteiger partial charge in [0, 0.05) is 5.56 Å². The van der Waals surface area contributed by atoms with Crippen LogP contribution < -0.4 is 0 Å². The monoisotopic (exact) mass is 201 g/mol. The van der Waals surface area contributed by atoms with E-state index in [2.05, 4.69) is 4.98 Å². The molecule has 3 rings (SSSR count). The third-order valence-corrected chi connectivity index (χ3v) is 2.80. The lowest BCUT2D eigenvalue weighted by molar-refractivity contribution is 0.151. The molecule has 1 saturated carbocycles. The Morgan fingerprint density at radius 3 is 2.87 bits per heavy atom. The van der Waals surface area contributed by atoms with Crippen LogP contribution in [0.4, 0.5) is 0 Å². The summed E-state index contributed by atoms with van der Waals surface area (Å²) in [6, 6.07) is 7.74. The molecule has 1 aromatic carbocycles. The fourth-order valence-corrected chi connectivity index (χ4v) is 1.71. The van der Waals surface area contributed by atoms with Crippen molar-refractivity contribution in [3.05, 3.63) is 42.3 Å². The number of benzene rings is 1. The Bertz CT molecular complexity index is 472. The minimum Gasteiger partial charge on any atom is -0.445 e. The van der Waals surface area contributed by atoms with Crippen LogP contribution in [0.1, 0.15) is 18.4 Å². The first kappa shape index (κ1) is 8.68. The molecule has 1 fully saturated rings. The van der Waals surface area contributed by atoms with E-state index in [1.54, 1.807) is 12.5 Å². The second kappa shape index (κ2) is 2.94. The van der Waals surface area contributed by atoms with Gasteiger partial charge in [0.15, 0.2) is 0 Å². The Kier molecular flexibility index (Phi) is 1.70.